The van der Waals surface area contributed by atoms with Crippen molar-refractivity contribution >= 4 is 5.96 Å². The molecule has 0 amide bonds. The lowest BCUT2D eigenvalue weighted by Crippen LogP contribution is -2.47. The molecule has 3 N–H and O–H groups in total. The van der Waals surface area contributed by atoms with Crippen LogP contribution < -0.4 is 10.6 Å². The number of nitrogens with one attached hydrogen (secondary N) is 2. The molecule has 1 aliphatic rings. The van der Waals surface area contributed by atoms with Crippen molar-refractivity contribution in [3.63, 3.8) is 0 Å². The number of piperazine rings is 1. The van der Waals surface area contributed by atoms with Crippen molar-refractivity contribution in [3.05, 3.63) is 23.2 Å². The second kappa shape index (κ2) is 10.3. The zero-order chi connectivity index (χ0) is 20.7. The van der Waals surface area contributed by atoms with Gasteiger partial charge >= 0.3 is 0 Å². The molecule has 0 aromatic carbocycles. The first kappa shape index (κ1) is 22.7. The largest absolute Gasteiger partial charge is 0.466 e. The summed E-state index contributed by atoms with van der Waals surface area (Å²) in [6, 6.07) is 1.89. The molecular weight excluding hydrogens is 354 g/mol. The van der Waals surface area contributed by atoms with E-state index in [-0.39, 0.29) is 6.54 Å². The summed E-state index contributed by atoms with van der Waals surface area (Å²) in [7, 11) is 2.18. The molecule has 1 aromatic rings. The maximum Gasteiger partial charge on any atom is 0.191 e. The minimum Gasteiger partial charge on any atom is -0.466 e. The maximum atomic E-state index is 10.9. The Kier molecular flexibility index (Phi) is 8.34. The van der Waals surface area contributed by atoms with Crippen LogP contribution in [0.2, 0.25) is 0 Å². The number of furan rings is 1. The van der Waals surface area contributed by atoms with Crippen LogP contribution in [-0.2, 0) is 5.60 Å². The van der Waals surface area contributed by atoms with Crippen LogP contribution in [0.25, 0.3) is 0 Å². The molecule has 7 heteroatoms. The molecule has 1 aromatic heterocycles. The molecule has 2 rings (SSSR count). The van der Waals surface area contributed by atoms with Crippen molar-refractivity contribution in [2.45, 2.75) is 40.2 Å². The first-order chi connectivity index (χ1) is 13.2. The third-order valence-electron chi connectivity index (χ3n) is 5.29. The Morgan fingerprint density at radius 3 is 2.54 bits per heavy atom. The first-order valence-electron chi connectivity index (χ1n) is 10.4. The van der Waals surface area contributed by atoms with Crippen LogP contribution >= 0.6 is 0 Å². The Labute approximate surface area is 170 Å². The van der Waals surface area contributed by atoms with Crippen LogP contribution in [0, 0.1) is 19.8 Å². The average Bonchev–Trinajstić information content (AvgIpc) is 2.98. The Morgan fingerprint density at radius 1 is 1.29 bits per heavy atom. The molecule has 0 spiro atoms. The minimum absolute atomic E-state index is 0.273. The van der Waals surface area contributed by atoms with Crippen molar-refractivity contribution in [1.82, 2.24) is 20.4 Å². The number of likely N-dealkylation sites (N-methyl/N-ethyl adjacent to an activating group) is 1. The van der Waals surface area contributed by atoms with Crippen molar-refractivity contribution < 1.29 is 9.52 Å². The highest BCUT2D eigenvalue weighted by Gasteiger charge is 2.27. The van der Waals surface area contributed by atoms with Gasteiger partial charge in [0.1, 0.15) is 17.1 Å². The summed E-state index contributed by atoms with van der Waals surface area (Å²) >= 11 is 0. The summed E-state index contributed by atoms with van der Waals surface area (Å²) in [5, 5.41) is 17.6. The molecule has 1 aliphatic heterocycles. The molecule has 1 saturated heterocycles. The van der Waals surface area contributed by atoms with Gasteiger partial charge < -0.3 is 30.0 Å². The Bertz CT molecular complexity index is 633. The normalized spacial score (nSPS) is 20.0. The Hall–Kier alpha value is -1.57. The van der Waals surface area contributed by atoms with Gasteiger partial charge in [-0.1, -0.05) is 6.92 Å². The van der Waals surface area contributed by atoms with E-state index in [9.17, 15) is 5.11 Å². The highest BCUT2D eigenvalue weighted by atomic mass is 16.3. The van der Waals surface area contributed by atoms with E-state index < -0.39 is 5.60 Å². The fourth-order valence-electron chi connectivity index (χ4n) is 3.63. The van der Waals surface area contributed by atoms with Crippen LogP contribution in [0.4, 0.5) is 0 Å². The monoisotopic (exact) mass is 393 g/mol. The number of aliphatic imine (C=N–C) groups is 1. The van der Waals surface area contributed by atoms with E-state index in [2.05, 4.69) is 39.4 Å². The number of nitrogens with zero attached hydrogens (tertiary/aromatic N) is 3. The summed E-state index contributed by atoms with van der Waals surface area (Å²) in [5.74, 6) is 2.81. The predicted molar refractivity (Wildman–Crippen MR) is 115 cm³/mol. The van der Waals surface area contributed by atoms with Gasteiger partial charge in [0.25, 0.3) is 0 Å². The summed E-state index contributed by atoms with van der Waals surface area (Å²) < 4.78 is 5.57. The lowest BCUT2D eigenvalue weighted by Gasteiger charge is -2.34. The van der Waals surface area contributed by atoms with E-state index in [1.165, 1.54) is 0 Å². The fraction of sp³-hybridized carbons (Fsp3) is 0.762. The van der Waals surface area contributed by atoms with Crippen LogP contribution in [0.1, 0.15) is 37.9 Å². The molecule has 0 bridgehead atoms. The highest BCUT2D eigenvalue weighted by molar-refractivity contribution is 5.79. The zero-order valence-electron chi connectivity index (χ0n) is 18.5. The smallest absolute Gasteiger partial charge is 0.191 e. The average molecular weight is 394 g/mol. The van der Waals surface area contributed by atoms with Crippen LogP contribution in [0.5, 0.6) is 0 Å². The van der Waals surface area contributed by atoms with Gasteiger partial charge in [-0.25, -0.2) is 4.99 Å². The van der Waals surface area contributed by atoms with Crippen molar-refractivity contribution in [1.29, 1.82) is 0 Å². The molecular formula is C21H39N5O2. The predicted octanol–water partition coefficient (Wildman–Crippen LogP) is 1.54. The third-order valence-corrected chi connectivity index (χ3v) is 5.29. The van der Waals surface area contributed by atoms with Gasteiger partial charge in [0.05, 0.1) is 6.54 Å². The number of aliphatic hydroxyl groups is 1. The SMILES string of the molecule is CCNC(=NCC(C)(O)c1cc(C)oc1C)NCC(C)CN1CCN(C)CC1. The number of hydrogen-bond donors (Lipinski definition) is 3. The standard InChI is InChI=1S/C21H39N5O2/c1-7-22-20(23-13-16(2)14-26-10-8-25(6)9-11-26)24-15-21(5,27)19-12-17(3)28-18(19)4/h12,16,27H,7-11,13-15H2,1-6H3,(H2,22,23,24). The summed E-state index contributed by atoms with van der Waals surface area (Å²) in [6.45, 7) is 17.4. The molecule has 0 saturated carbocycles. The molecule has 0 radical (unpaired) electrons. The number of aryl methyl sites for hydroxylation is 2. The van der Waals surface area contributed by atoms with E-state index in [1.54, 1.807) is 6.92 Å². The van der Waals surface area contributed by atoms with Gasteiger partial charge in [0.15, 0.2) is 5.96 Å². The Morgan fingerprint density at radius 2 is 1.96 bits per heavy atom. The van der Waals surface area contributed by atoms with Gasteiger partial charge in [-0.3, -0.25) is 0 Å². The van der Waals surface area contributed by atoms with Gasteiger partial charge in [-0.15, -0.1) is 0 Å². The molecule has 2 heterocycles. The molecule has 28 heavy (non-hydrogen) atoms. The van der Waals surface area contributed by atoms with E-state index in [0.717, 1.165) is 68.9 Å². The minimum atomic E-state index is -1.06. The maximum absolute atomic E-state index is 10.9. The van der Waals surface area contributed by atoms with Gasteiger partial charge in [-0.2, -0.15) is 0 Å². The van der Waals surface area contributed by atoms with E-state index in [1.807, 2.05) is 26.8 Å². The molecule has 0 aliphatic carbocycles. The van der Waals surface area contributed by atoms with Crippen LogP contribution in [0.15, 0.2) is 15.5 Å². The molecule has 2 unspecified atom stereocenters. The van der Waals surface area contributed by atoms with Crippen molar-refractivity contribution in [2.24, 2.45) is 10.9 Å². The second-order valence-corrected chi connectivity index (χ2v) is 8.39. The number of hydrogen-bond acceptors (Lipinski definition) is 5. The topological polar surface area (TPSA) is 76.3 Å². The molecule has 7 nitrogen and oxygen atoms in total. The Balaban J connectivity index is 1.88. The van der Waals surface area contributed by atoms with E-state index >= 15 is 0 Å². The summed E-state index contributed by atoms with van der Waals surface area (Å²) in [4.78, 5) is 9.54. The fourth-order valence-corrected chi connectivity index (χ4v) is 3.63. The van der Waals surface area contributed by atoms with Crippen LogP contribution in [-0.4, -0.2) is 80.3 Å². The third kappa shape index (κ3) is 6.79. The zero-order valence-corrected chi connectivity index (χ0v) is 18.5. The lowest BCUT2D eigenvalue weighted by atomic mass is 9.96. The quantitative estimate of drug-likeness (QED) is 0.460. The molecule has 160 valence electrons. The van der Waals surface area contributed by atoms with Crippen molar-refractivity contribution in [2.75, 3.05) is 59.4 Å². The highest BCUT2D eigenvalue weighted by Crippen LogP contribution is 2.27. The number of rotatable bonds is 8. The number of guanidine groups is 1. The van der Waals surface area contributed by atoms with E-state index in [0.29, 0.717) is 5.92 Å². The van der Waals surface area contributed by atoms with Gasteiger partial charge in [-0.05, 0) is 46.7 Å². The summed E-state index contributed by atoms with van der Waals surface area (Å²) in [6.07, 6.45) is 0. The lowest BCUT2D eigenvalue weighted by molar-refractivity contribution is 0.0657. The van der Waals surface area contributed by atoms with Crippen LogP contribution in [0.3, 0.4) is 0 Å². The first-order valence-corrected chi connectivity index (χ1v) is 10.4. The molecule has 2 atom stereocenters. The van der Waals surface area contributed by atoms with Gasteiger partial charge in [0, 0.05) is 51.4 Å². The summed E-state index contributed by atoms with van der Waals surface area (Å²) in [5.41, 5.74) is -0.261. The second-order valence-electron chi connectivity index (χ2n) is 8.39. The molecule has 1 fully saturated rings. The van der Waals surface area contributed by atoms with Gasteiger partial charge in [0.2, 0.25) is 0 Å². The van der Waals surface area contributed by atoms with E-state index in [4.69, 9.17) is 4.42 Å². The van der Waals surface area contributed by atoms with Crippen molar-refractivity contribution in [3.8, 4) is 0 Å².